The first-order valence-corrected chi connectivity index (χ1v) is 7.77. The van der Waals surface area contributed by atoms with E-state index in [2.05, 4.69) is 5.11 Å². The number of hydrogen-bond donors (Lipinski definition) is 1. The van der Waals surface area contributed by atoms with E-state index in [-0.39, 0.29) is 0 Å². The molecule has 0 spiro atoms. The third-order valence-electron chi connectivity index (χ3n) is 2.55. The summed E-state index contributed by atoms with van der Waals surface area (Å²) in [6.07, 6.45) is 0. The molecular formula is C20H26N2. The van der Waals surface area contributed by atoms with Crippen molar-refractivity contribution in [1.82, 2.24) is 0 Å². The van der Waals surface area contributed by atoms with Gasteiger partial charge < -0.3 is 0 Å². The SMILES string of the molecule is CC.CC.N=Nc1cccc2ccccc12.c1ccccc1. The highest BCUT2D eigenvalue weighted by Crippen LogP contribution is 2.24. The summed E-state index contributed by atoms with van der Waals surface area (Å²) in [6.45, 7) is 8.00. The molecule has 2 nitrogen and oxygen atoms in total. The van der Waals surface area contributed by atoms with Gasteiger partial charge in [0.1, 0.15) is 0 Å². The first kappa shape index (κ1) is 19.5. The fourth-order valence-corrected chi connectivity index (χ4v) is 1.69. The third-order valence-corrected chi connectivity index (χ3v) is 2.55. The lowest BCUT2D eigenvalue weighted by molar-refractivity contribution is 1.16. The molecule has 0 amide bonds. The maximum Gasteiger partial charge on any atom is 0.0928 e. The topological polar surface area (TPSA) is 36.2 Å². The van der Waals surface area contributed by atoms with Crippen LogP contribution in [0.5, 0.6) is 0 Å². The summed E-state index contributed by atoms with van der Waals surface area (Å²) in [7, 11) is 0. The smallest absolute Gasteiger partial charge is 0.0928 e. The van der Waals surface area contributed by atoms with Gasteiger partial charge in [-0.2, -0.15) is 5.11 Å². The van der Waals surface area contributed by atoms with E-state index in [4.69, 9.17) is 5.53 Å². The molecule has 0 aliphatic carbocycles. The molecule has 116 valence electrons. The molecule has 1 N–H and O–H groups in total. The van der Waals surface area contributed by atoms with Crippen LogP contribution in [0, 0.1) is 5.53 Å². The fraction of sp³-hybridized carbons (Fsp3) is 0.200. The normalized spacial score (nSPS) is 8.18. The van der Waals surface area contributed by atoms with Gasteiger partial charge in [0.05, 0.1) is 5.69 Å². The van der Waals surface area contributed by atoms with Gasteiger partial charge in [0, 0.05) is 5.39 Å². The van der Waals surface area contributed by atoms with Crippen LogP contribution in [0.4, 0.5) is 5.69 Å². The molecule has 0 heterocycles. The first-order valence-electron chi connectivity index (χ1n) is 7.77. The lowest BCUT2D eigenvalue weighted by Gasteiger charge is -1.98. The van der Waals surface area contributed by atoms with Crippen molar-refractivity contribution in [3.05, 3.63) is 78.9 Å². The Bertz CT molecular complexity index is 587. The van der Waals surface area contributed by atoms with Crippen molar-refractivity contribution in [2.24, 2.45) is 5.11 Å². The summed E-state index contributed by atoms with van der Waals surface area (Å²) in [5.41, 5.74) is 7.68. The minimum absolute atomic E-state index is 0.730. The molecule has 2 heteroatoms. The Balaban J connectivity index is 0.000000373. The number of nitrogens with one attached hydrogen (secondary N) is 1. The Hall–Kier alpha value is -2.48. The molecule has 0 aromatic heterocycles. The summed E-state index contributed by atoms with van der Waals surface area (Å²) in [6, 6.07) is 25.7. The molecule has 3 rings (SSSR count). The van der Waals surface area contributed by atoms with Gasteiger partial charge in [-0.3, -0.25) is 0 Å². The highest BCUT2D eigenvalue weighted by Gasteiger charge is 1.96. The zero-order chi connectivity index (χ0) is 16.6. The van der Waals surface area contributed by atoms with E-state index in [1.54, 1.807) is 0 Å². The zero-order valence-electron chi connectivity index (χ0n) is 14.0. The number of nitrogens with zero attached hydrogens (tertiary/aromatic N) is 1. The molecule has 0 aliphatic heterocycles. The van der Waals surface area contributed by atoms with Crippen molar-refractivity contribution >= 4 is 16.5 Å². The minimum atomic E-state index is 0.730. The van der Waals surface area contributed by atoms with Crippen LogP contribution in [0.3, 0.4) is 0 Å². The quantitative estimate of drug-likeness (QED) is 0.459. The van der Waals surface area contributed by atoms with Crippen molar-refractivity contribution in [2.45, 2.75) is 27.7 Å². The average Bonchev–Trinajstić information content (AvgIpc) is 2.66. The first-order chi connectivity index (χ1) is 10.9. The van der Waals surface area contributed by atoms with Crippen LogP contribution in [0.15, 0.2) is 84.0 Å². The lowest BCUT2D eigenvalue weighted by Crippen LogP contribution is -1.70. The Labute approximate surface area is 134 Å². The number of benzene rings is 3. The highest BCUT2D eigenvalue weighted by molar-refractivity contribution is 5.92. The summed E-state index contributed by atoms with van der Waals surface area (Å²) < 4.78 is 0. The van der Waals surface area contributed by atoms with Gasteiger partial charge in [-0.1, -0.05) is 100 Å². The zero-order valence-corrected chi connectivity index (χ0v) is 14.0. The predicted octanol–water partition coefficient (Wildman–Crippen LogP) is 7.24. The van der Waals surface area contributed by atoms with Crippen LogP contribution in [-0.4, -0.2) is 0 Å². The molecule has 0 saturated carbocycles. The summed E-state index contributed by atoms with van der Waals surface area (Å²) in [5.74, 6) is 0. The summed E-state index contributed by atoms with van der Waals surface area (Å²) in [5, 5.41) is 5.62. The van der Waals surface area contributed by atoms with E-state index in [9.17, 15) is 0 Å². The largest absolute Gasteiger partial charge is 0.204 e. The van der Waals surface area contributed by atoms with E-state index in [1.165, 1.54) is 0 Å². The van der Waals surface area contributed by atoms with E-state index < -0.39 is 0 Å². The van der Waals surface area contributed by atoms with Crippen LogP contribution >= 0.6 is 0 Å². The van der Waals surface area contributed by atoms with Crippen LogP contribution in [-0.2, 0) is 0 Å². The molecule has 0 bridgehead atoms. The summed E-state index contributed by atoms with van der Waals surface area (Å²) in [4.78, 5) is 0. The van der Waals surface area contributed by atoms with Crippen molar-refractivity contribution in [3.8, 4) is 0 Å². The second kappa shape index (κ2) is 13.5. The van der Waals surface area contributed by atoms with E-state index in [0.29, 0.717) is 0 Å². The van der Waals surface area contributed by atoms with Gasteiger partial charge in [0.25, 0.3) is 0 Å². The summed E-state index contributed by atoms with van der Waals surface area (Å²) >= 11 is 0. The molecule has 0 radical (unpaired) electrons. The van der Waals surface area contributed by atoms with Crippen molar-refractivity contribution < 1.29 is 0 Å². The molecule has 0 fully saturated rings. The second-order valence-electron chi connectivity index (χ2n) is 3.76. The van der Waals surface area contributed by atoms with Gasteiger partial charge in [0.2, 0.25) is 0 Å². The van der Waals surface area contributed by atoms with Gasteiger partial charge in [0.15, 0.2) is 0 Å². The molecule has 3 aromatic rings. The van der Waals surface area contributed by atoms with E-state index in [1.807, 2.05) is 107 Å². The predicted molar refractivity (Wildman–Crippen MR) is 97.9 cm³/mol. The van der Waals surface area contributed by atoms with Crippen molar-refractivity contribution in [2.75, 3.05) is 0 Å². The van der Waals surface area contributed by atoms with Gasteiger partial charge in [-0.05, 0) is 11.5 Å². The molecule has 0 atom stereocenters. The van der Waals surface area contributed by atoms with Crippen LogP contribution in [0.1, 0.15) is 27.7 Å². The van der Waals surface area contributed by atoms with Crippen molar-refractivity contribution in [1.29, 1.82) is 5.53 Å². The van der Waals surface area contributed by atoms with Crippen LogP contribution in [0.25, 0.3) is 10.8 Å². The Kier molecular flexibility index (Phi) is 12.0. The minimum Gasteiger partial charge on any atom is -0.204 e. The fourth-order valence-electron chi connectivity index (χ4n) is 1.69. The van der Waals surface area contributed by atoms with Crippen molar-refractivity contribution in [3.63, 3.8) is 0 Å². The van der Waals surface area contributed by atoms with Crippen LogP contribution in [0.2, 0.25) is 0 Å². The third kappa shape index (κ3) is 6.80. The Morgan fingerprint density at radius 1 is 0.591 bits per heavy atom. The highest BCUT2D eigenvalue weighted by atomic mass is 15.0. The standard InChI is InChI=1S/C10H8N2.C6H6.2C2H6/c11-12-10-7-3-5-8-4-1-2-6-9(8)10;1-2-4-6-5-3-1;2*1-2/h1-7,11H;1-6H;2*1-2H3. The number of rotatable bonds is 1. The molecule has 0 saturated heterocycles. The Morgan fingerprint density at radius 2 is 1.05 bits per heavy atom. The molecular weight excluding hydrogens is 268 g/mol. The number of fused-ring (bicyclic) bond motifs is 1. The van der Waals surface area contributed by atoms with E-state index >= 15 is 0 Å². The van der Waals surface area contributed by atoms with Gasteiger partial charge in [-0.15, -0.1) is 0 Å². The molecule has 0 unspecified atom stereocenters. The average molecular weight is 294 g/mol. The van der Waals surface area contributed by atoms with Crippen LogP contribution < -0.4 is 0 Å². The van der Waals surface area contributed by atoms with Gasteiger partial charge >= 0.3 is 0 Å². The van der Waals surface area contributed by atoms with E-state index in [0.717, 1.165) is 16.5 Å². The monoisotopic (exact) mass is 294 g/mol. The number of hydrogen-bond acceptors (Lipinski definition) is 2. The Morgan fingerprint density at radius 3 is 1.55 bits per heavy atom. The maximum atomic E-state index is 6.95. The molecule has 3 aromatic carbocycles. The molecule has 22 heavy (non-hydrogen) atoms. The molecule has 0 aliphatic rings. The second-order valence-corrected chi connectivity index (χ2v) is 3.76. The lowest BCUT2D eigenvalue weighted by atomic mass is 10.1. The van der Waals surface area contributed by atoms with Gasteiger partial charge in [-0.25, -0.2) is 5.53 Å². The maximum absolute atomic E-state index is 6.95.